The van der Waals surface area contributed by atoms with Crippen LogP contribution >= 0.6 is 0 Å². The average molecular weight is 561 g/mol. The van der Waals surface area contributed by atoms with Crippen molar-refractivity contribution in [3.8, 4) is 0 Å². The van der Waals surface area contributed by atoms with E-state index in [0.717, 1.165) is 0 Å². The van der Waals surface area contributed by atoms with Crippen LogP contribution in [-0.2, 0) is 0 Å². The average Bonchev–Trinajstić information content (AvgIpc) is 3.62. The molecular weight excluding hydrogens is 532 g/mol. The third-order valence-electron chi connectivity index (χ3n) is 9.92. The number of fused-ring (bicyclic) bond motifs is 9. The molecule has 0 radical (unpaired) electrons. The lowest BCUT2D eigenvalue weighted by Gasteiger charge is -2.37. The van der Waals surface area contributed by atoms with Gasteiger partial charge in [0.25, 0.3) is 0 Å². The molecule has 0 fully saturated rings. The molecule has 206 valence electrons. The van der Waals surface area contributed by atoms with E-state index in [-0.39, 0.29) is 11.8 Å². The summed E-state index contributed by atoms with van der Waals surface area (Å²) in [4.78, 5) is 7.36. The van der Waals surface area contributed by atoms with Gasteiger partial charge in [0.1, 0.15) is 0 Å². The standard InChI is InChI=1S/C42H28N2/c1-2-10-26-23-40-36(21-25(26)9-1)30-19-17-28(24-39(30)44-40)42-33-14-5-3-12-31(33)41(32-13-4-6-15-34(32)42)27-18-20-38-35(22-27)29-11-7-8-16-37(29)43-38/h1-24,31,41,43-44H. The maximum atomic E-state index is 3.75. The van der Waals surface area contributed by atoms with Crippen LogP contribution in [0.4, 0.5) is 0 Å². The summed E-state index contributed by atoms with van der Waals surface area (Å²) in [5, 5.41) is 7.65. The second-order valence-corrected chi connectivity index (χ2v) is 12.3. The Bertz CT molecular complexity index is 2570. The molecule has 2 heteroatoms. The zero-order chi connectivity index (χ0) is 28.8. The highest BCUT2D eigenvalue weighted by atomic mass is 14.7. The number of aromatic amines is 2. The number of aromatic nitrogens is 2. The van der Waals surface area contributed by atoms with Gasteiger partial charge in [-0.25, -0.2) is 0 Å². The van der Waals surface area contributed by atoms with Gasteiger partial charge in [-0.3, -0.25) is 0 Å². The van der Waals surface area contributed by atoms with Crippen LogP contribution in [0.15, 0.2) is 151 Å². The summed E-state index contributed by atoms with van der Waals surface area (Å²) in [6.45, 7) is 0. The maximum Gasteiger partial charge on any atom is 0.0471 e. The van der Waals surface area contributed by atoms with Gasteiger partial charge in [0.05, 0.1) is 0 Å². The highest BCUT2D eigenvalue weighted by Crippen LogP contribution is 2.51. The first-order valence-electron chi connectivity index (χ1n) is 15.4. The van der Waals surface area contributed by atoms with E-state index in [0.29, 0.717) is 0 Å². The van der Waals surface area contributed by atoms with Crippen LogP contribution in [0.25, 0.3) is 60.0 Å². The minimum absolute atomic E-state index is 0.230. The van der Waals surface area contributed by atoms with Crippen LogP contribution in [0.5, 0.6) is 0 Å². The van der Waals surface area contributed by atoms with E-state index in [9.17, 15) is 0 Å². The molecule has 0 saturated carbocycles. The molecule has 10 rings (SSSR count). The van der Waals surface area contributed by atoms with Gasteiger partial charge < -0.3 is 9.97 Å². The number of benzene rings is 6. The molecule has 6 aromatic carbocycles. The lowest BCUT2D eigenvalue weighted by Crippen LogP contribution is -2.22. The van der Waals surface area contributed by atoms with Crippen LogP contribution in [0.2, 0.25) is 0 Å². The smallest absolute Gasteiger partial charge is 0.0471 e. The van der Waals surface area contributed by atoms with E-state index in [2.05, 4.69) is 156 Å². The molecule has 0 amide bonds. The molecule has 2 nitrogen and oxygen atoms in total. The van der Waals surface area contributed by atoms with Crippen molar-refractivity contribution in [2.24, 2.45) is 5.92 Å². The molecule has 0 saturated heterocycles. The Hall–Kier alpha value is -5.60. The van der Waals surface area contributed by atoms with E-state index in [4.69, 9.17) is 0 Å². The molecule has 2 atom stereocenters. The summed E-state index contributed by atoms with van der Waals surface area (Å²) >= 11 is 0. The monoisotopic (exact) mass is 560 g/mol. The molecule has 2 heterocycles. The minimum atomic E-state index is 0.230. The third kappa shape index (κ3) is 3.37. The quantitative estimate of drug-likeness (QED) is 0.211. The first-order chi connectivity index (χ1) is 21.8. The van der Waals surface area contributed by atoms with Crippen molar-refractivity contribution in [1.82, 2.24) is 9.97 Å². The third-order valence-corrected chi connectivity index (χ3v) is 9.92. The van der Waals surface area contributed by atoms with E-state index < -0.39 is 0 Å². The molecule has 0 bridgehead atoms. The van der Waals surface area contributed by atoms with E-state index in [1.54, 1.807) is 0 Å². The summed E-state index contributed by atoms with van der Waals surface area (Å²) in [6, 6.07) is 44.9. The summed E-state index contributed by atoms with van der Waals surface area (Å²) in [5.41, 5.74) is 12.8. The Morgan fingerprint density at radius 1 is 0.500 bits per heavy atom. The van der Waals surface area contributed by atoms with E-state index >= 15 is 0 Å². The van der Waals surface area contributed by atoms with Gasteiger partial charge in [-0.1, -0.05) is 109 Å². The number of hydrogen-bond acceptors (Lipinski definition) is 0. The normalized spacial score (nSPS) is 17.7. The van der Waals surface area contributed by atoms with E-state index in [1.807, 2.05) is 0 Å². The molecular formula is C42H28N2. The van der Waals surface area contributed by atoms with Crippen LogP contribution in [-0.4, -0.2) is 9.97 Å². The van der Waals surface area contributed by atoms with Crippen LogP contribution < -0.4 is 0 Å². The summed E-state index contributed by atoms with van der Waals surface area (Å²) in [6.07, 6.45) is 9.17. The fourth-order valence-electron chi connectivity index (χ4n) is 7.96. The number of H-pyrrole nitrogens is 2. The molecule has 2 aliphatic rings. The van der Waals surface area contributed by atoms with Crippen molar-refractivity contribution in [1.29, 1.82) is 0 Å². The molecule has 0 aliphatic heterocycles. The minimum Gasteiger partial charge on any atom is -0.355 e. The molecule has 8 aromatic rings. The van der Waals surface area contributed by atoms with Gasteiger partial charge in [0, 0.05) is 55.4 Å². The lowest BCUT2D eigenvalue weighted by atomic mass is 9.66. The molecule has 2 aliphatic carbocycles. The van der Waals surface area contributed by atoms with Crippen molar-refractivity contribution >= 4 is 60.0 Å². The van der Waals surface area contributed by atoms with Crippen molar-refractivity contribution in [2.45, 2.75) is 5.92 Å². The number of rotatable bonds is 2. The fourth-order valence-corrected chi connectivity index (χ4v) is 7.96. The van der Waals surface area contributed by atoms with Crippen LogP contribution in [0.3, 0.4) is 0 Å². The van der Waals surface area contributed by atoms with Crippen LogP contribution in [0, 0.1) is 5.92 Å². The van der Waals surface area contributed by atoms with Crippen molar-refractivity contribution in [3.05, 3.63) is 173 Å². The summed E-state index contributed by atoms with van der Waals surface area (Å²) < 4.78 is 0. The molecule has 2 N–H and O–H groups in total. The van der Waals surface area contributed by atoms with Gasteiger partial charge >= 0.3 is 0 Å². The Kier molecular flexibility index (Phi) is 4.86. The zero-order valence-electron chi connectivity index (χ0n) is 24.0. The highest BCUT2D eigenvalue weighted by molar-refractivity contribution is 6.13. The Balaban J connectivity index is 1.18. The van der Waals surface area contributed by atoms with Gasteiger partial charge in [-0.05, 0) is 80.6 Å². The Morgan fingerprint density at radius 3 is 2.18 bits per heavy atom. The maximum absolute atomic E-state index is 3.75. The van der Waals surface area contributed by atoms with Gasteiger partial charge in [0.15, 0.2) is 0 Å². The topological polar surface area (TPSA) is 31.6 Å². The first kappa shape index (κ1) is 23.9. The summed E-state index contributed by atoms with van der Waals surface area (Å²) in [7, 11) is 0. The zero-order valence-corrected chi connectivity index (χ0v) is 24.0. The predicted molar refractivity (Wildman–Crippen MR) is 185 cm³/mol. The van der Waals surface area contributed by atoms with Gasteiger partial charge in [-0.2, -0.15) is 0 Å². The van der Waals surface area contributed by atoms with Gasteiger partial charge in [-0.15, -0.1) is 0 Å². The van der Waals surface area contributed by atoms with Crippen molar-refractivity contribution in [3.63, 3.8) is 0 Å². The summed E-state index contributed by atoms with van der Waals surface area (Å²) in [5.74, 6) is 0.477. The molecule has 0 spiro atoms. The SMILES string of the molecule is C1=CC2=C(c3ccc4c(c3)[nH]c3cc5ccccc5cc34)c3ccccc3C(c3ccc4[nH]c5ccccc5c4c3)C2C=C1. The first-order valence-corrected chi connectivity index (χ1v) is 15.4. The van der Waals surface area contributed by atoms with Crippen molar-refractivity contribution < 1.29 is 0 Å². The van der Waals surface area contributed by atoms with Crippen molar-refractivity contribution in [2.75, 3.05) is 0 Å². The predicted octanol–water partition coefficient (Wildman–Crippen LogP) is 10.8. The second-order valence-electron chi connectivity index (χ2n) is 12.3. The number of hydrogen-bond donors (Lipinski definition) is 2. The molecule has 2 unspecified atom stereocenters. The van der Waals surface area contributed by atoms with Gasteiger partial charge in [0.2, 0.25) is 0 Å². The molecule has 2 aromatic heterocycles. The number of nitrogens with one attached hydrogen (secondary N) is 2. The number of para-hydroxylation sites is 1. The Labute approximate surface area is 254 Å². The lowest BCUT2D eigenvalue weighted by molar-refractivity contribution is 0.649. The largest absolute Gasteiger partial charge is 0.355 e. The van der Waals surface area contributed by atoms with E-state index in [1.165, 1.54) is 87.8 Å². The number of allylic oxidation sites excluding steroid dienone is 5. The highest BCUT2D eigenvalue weighted by Gasteiger charge is 2.35. The van der Waals surface area contributed by atoms with Crippen LogP contribution in [0.1, 0.15) is 28.2 Å². The Morgan fingerprint density at radius 2 is 1.23 bits per heavy atom. The fraction of sp³-hybridized carbons (Fsp3) is 0.0476. The molecule has 44 heavy (non-hydrogen) atoms. The second kappa shape index (κ2) is 8.95.